The average Bonchev–Trinajstić information content (AvgIpc) is 2.85. The number of rotatable bonds is 9. The summed E-state index contributed by atoms with van der Waals surface area (Å²) in [5, 5.41) is 7.55. The summed E-state index contributed by atoms with van der Waals surface area (Å²) in [6.07, 6.45) is 3.74. The van der Waals surface area contributed by atoms with Crippen LogP contribution in [-0.4, -0.2) is 37.7 Å². The SMILES string of the molecule is COc1cc(Nc2cncc(Oc3ccc(NC=O)c4ccccc34)n2)cc(OC)c1OC. The minimum Gasteiger partial charge on any atom is -0.493 e. The first kappa shape index (κ1) is 21.7. The van der Waals surface area contributed by atoms with E-state index < -0.39 is 0 Å². The van der Waals surface area contributed by atoms with E-state index >= 15 is 0 Å². The van der Waals surface area contributed by atoms with E-state index in [2.05, 4.69) is 20.6 Å². The molecule has 0 aliphatic heterocycles. The molecule has 0 aliphatic carbocycles. The molecule has 0 radical (unpaired) electrons. The van der Waals surface area contributed by atoms with Gasteiger partial charge in [-0.25, -0.2) is 0 Å². The summed E-state index contributed by atoms with van der Waals surface area (Å²) in [5.41, 5.74) is 1.36. The molecule has 0 atom stereocenters. The molecule has 4 aromatic rings. The van der Waals surface area contributed by atoms with Gasteiger partial charge in [0.15, 0.2) is 17.3 Å². The van der Waals surface area contributed by atoms with Crippen LogP contribution in [0.2, 0.25) is 0 Å². The number of benzene rings is 3. The van der Waals surface area contributed by atoms with Crippen molar-refractivity contribution in [3.8, 4) is 28.9 Å². The Labute approximate surface area is 190 Å². The zero-order valence-electron chi connectivity index (χ0n) is 18.3. The molecule has 9 heteroatoms. The van der Waals surface area contributed by atoms with Gasteiger partial charge in [-0.05, 0) is 12.1 Å². The van der Waals surface area contributed by atoms with Crippen molar-refractivity contribution >= 4 is 34.4 Å². The van der Waals surface area contributed by atoms with Gasteiger partial charge in [0.2, 0.25) is 18.0 Å². The lowest BCUT2D eigenvalue weighted by atomic mass is 10.1. The van der Waals surface area contributed by atoms with Crippen LogP contribution in [0.15, 0.2) is 60.9 Å². The lowest BCUT2D eigenvalue weighted by Gasteiger charge is -2.15. The first-order valence-electron chi connectivity index (χ1n) is 9.95. The second-order valence-corrected chi connectivity index (χ2v) is 6.80. The summed E-state index contributed by atoms with van der Waals surface area (Å²) in [5.74, 6) is 2.86. The van der Waals surface area contributed by atoms with Crippen molar-refractivity contribution in [1.82, 2.24) is 9.97 Å². The fraction of sp³-hybridized carbons (Fsp3) is 0.125. The number of nitrogens with one attached hydrogen (secondary N) is 2. The minimum absolute atomic E-state index is 0.300. The third-order valence-corrected chi connectivity index (χ3v) is 4.86. The van der Waals surface area contributed by atoms with E-state index in [9.17, 15) is 4.79 Å². The van der Waals surface area contributed by atoms with E-state index in [0.29, 0.717) is 52.5 Å². The Hall–Kier alpha value is -4.53. The Bertz CT molecular complexity index is 1270. The fourth-order valence-electron chi connectivity index (χ4n) is 3.42. The maximum Gasteiger partial charge on any atom is 0.239 e. The summed E-state index contributed by atoms with van der Waals surface area (Å²) in [6.45, 7) is 0. The molecule has 2 N–H and O–H groups in total. The van der Waals surface area contributed by atoms with Crippen molar-refractivity contribution in [3.05, 3.63) is 60.9 Å². The summed E-state index contributed by atoms with van der Waals surface area (Å²) in [6, 6.07) is 14.7. The monoisotopic (exact) mass is 446 g/mol. The molecule has 1 heterocycles. The van der Waals surface area contributed by atoms with Crippen molar-refractivity contribution in [2.75, 3.05) is 32.0 Å². The van der Waals surface area contributed by atoms with E-state index in [4.69, 9.17) is 18.9 Å². The Morgan fingerprint density at radius 3 is 2.24 bits per heavy atom. The molecule has 1 amide bonds. The molecular formula is C24H22N4O5. The van der Waals surface area contributed by atoms with Crippen molar-refractivity contribution in [2.45, 2.75) is 0 Å². The molecule has 0 bridgehead atoms. The number of hydrogen-bond acceptors (Lipinski definition) is 8. The van der Waals surface area contributed by atoms with Crippen molar-refractivity contribution in [1.29, 1.82) is 0 Å². The van der Waals surface area contributed by atoms with Gasteiger partial charge in [0, 0.05) is 34.3 Å². The van der Waals surface area contributed by atoms with Crippen LogP contribution in [0, 0.1) is 0 Å². The van der Waals surface area contributed by atoms with Gasteiger partial charge in [-0.1, -0.05) is 24.3 Å². The lowest BCUT2D eigenvalue weighted by molar-refractivity contribution is -0.105. The minimum atomic E-state index is 0.300. The molecule has 0 unspecified atom stereocenters. The molecule has 1 aromatic heterocycles. The highest BCUT2D eigenvalue weighted by Gasteiger charge is 2.14. The smallest absolute Gasteiger partial charge is 0.239 e. The highest BCUT2D eigenvalue weighted by molar-refractivity contribution is 6.00. The van der Waals surface area contributed by atoms with Gasteiger partial charge in [-0.15, -0.1) is 0 Å². The number of ether oxygens (including phenoxy) is 4. The summed E-state index contributed by atoms with van der Waals surface area (Å²) in [7, 11) is 4.65. The van der Waals surface area contributed by atoms with E-state index in [1.54, 1.807) is 51.8 Å². The van der Waals surface area contributed by atoms with Crippen LogP contribution in [0.25, 0.3) is 10.8 Å². The van der Waals surface area contributed by atoms with E-state index in [0.717, 1.165) is 10.8 Å². The molecule has 0 saturated carbocycles. The number of carbonyl (C=O) groups excluding carboxylic acids is 1. The fourth-order valence-corrected chi connectivity index (χ4v) is 3.42. The highest BCUT2D eigenvalue weighted by Crippen LogP contribution is 2.40. The molecule has 168 valence electrons. The molecule has 33 heavy (non-hydrogen) atoms. The second-order valence-electron chi connectivity index (χ2n) is 6.80. The van der Waals surface area contributed by atoms with E-state index in [-0.39, 0.29) is 0 Å². The van der Waals surface area contributed by atoms with Crippen molar-refractivity contribution < 1.29 is 23.7 Å². The summed E-state index contributed by atoms with van der Waals surface area (Å²) in [4.78, 5) is 19.6. The predicted molar refractivity (Wildman–Crippen MR) is 125 cm³/mol. The first-order chi connectivity index (χ1) is 16.2. The van der Waals surface area contributed by atoms with Gasteiger partial charge in [0.1, 0.15) is 5.75 Å². The number of carbonyl (C=O) groups is 1. The number of aromatic nitrogens is 2. The third kappa shape index (κ3) is 4.57. The Kier molecular flexibility index (Phi) is 6.40. The van der Waals surface area contributed by atoms with Crippen LogP contribution >= 0.6 is 0 Å². The molecular weight excluding hydrogens is 424 g/mol. The third-order valence-electron chi connectivity index (χ3n) is 4.86. The van der Waals surface area contributed by atoms with Crippen LogP contribution < -0.4 is 29.6 Å². The largest absolute Gasteiger partial charge is 0.493 e. The zero-order valence-corrected chi connectivity index (χ0v) is 18.3. The van der Waals surface area contributed by atoms with Crippen LogP contribution in [0.1, 0.15) is 0 Å². The van der Waals surface area contributed by atoms with Crippen LogP contribution in [-0.2, 0) is 4.79 Å². The van der Waals surface area contributed by atoms with Gasteiger partial charge >= 0.3 is 0 Å². The van der Waals surface area contributed by atoms with Gasteiger partial charge in [-0.3, -0.25) is 9.78 Å². The Morgan fingerprint density at radius 2 is 1.58 bits per heavy atom. The lowest BCUT2D eigenvalue weighted by Crippen LogP contribution is -2.00. The number of anilines is 3. The first-order valence-corrected chi connectivity index (χ1v) is 9.95. The summed E-state index contributed by atoms with van der Waals surface area (Å²) < 4.78 is 22.2. The Morgan fingerprint density at radius 1 is 0.848 bits per heavy atom. The molecule has 3 aromatic carbocycles. The van der Waals surface area contributed by atoms with E-state index in [1.807, 2.05) is 24.3 Å². The predicted octanol–water partition coefficient (Wildman–Crippen LogP) is 4.76. The second kappa shape index (κ2) is 9.73. The maximum atomic E-state index is 10.9. The number of nitrogens with zero attached hydrogens (tertiary/aromatic N) is 2. The topological polar surface area (TPSA) is 104 Å². The molecule has 4 rings (SSSR count). The molecule has 0 saturated heterocycles. The quantitative estimate of drug-likeness (QED) is 0.355. The normalized spacial score (nSPS) is 10.4. The van der Waals surface area contributed by atoms with Crippen LogP contribution in [0.3, 0.4) is 0 Å². The average molecular weight is 446 g/mol. The Balaban J connectivity index is 1.62. The molecule has 0 fully saturated rings. The standard InChI is InChI=1S/C24H22N4O5/c1-30-20-10-15(11-21(31-2)24(20)32-3)27-22-12-25-13-23(28-22)33-19-9-8-18(26-14-29)16-6-4-5-7-17(16)19/h4-14H,1-3H3,(H,26,29)(H,27,28). The van der Waals surface area contributed by atoms with Crippen LogP contribution in [0.4, 0.5) is 17.2 Å². The van der Waals surface area contributed by atoms with E-state index in [1.165, 1.54) is 6.20 Å². The molecule has 0 aliphatic rings. The van der Waals surface area contributed by atoms with Gasteiger partial charge < -0.3 is 29.6 Å². The number of methoxy groups -OCH3 is 3. The van der Waals surface area contributed by atoms with Crippen molar-refractivity contribution in [2.24, 2.45) is 0 Å². The molecule has 9 nitrogen and oxygen atoms in total. The number of amides is 1. The molecule has 0 spiro atoms. The maximum absolute atomic E-state index is 10.9. The summed E-state index contributed by atoms with van der Waals surface area (Å²) >= 11 is 0. The van der Waals surface area contributed by atoms with Gasteiger partial charge in [0.25, 0.3) is 0 Å². The zero-order chi connectivity index (χ0) is 23.2. The van der Waals surface area contributed by atoms with Gasteiger partial charge in [0.05, 0.1) is 33.7 Å². The van der Waals surface area contributed by atoms with Crippen LogP contribution in [0.5, 0.6) is 28.9 Å². The van der Waals surface area contributed by atoms with Gasteiger partial charge in [-0.2, -0.15) is 4.98 Å². The van der Waals surface area contributed by atoms with Crippen molar-refractivity contribution in [3.63, 3.8) is 0 Å². The number of fused-ring (bicyclic) bond motifs is 1. The number of hydrogen-bond donors (Lipinski definition) is 2. The highest BCUT2D eigenvalue weighted by atomic mass is 16.5.